The van der Waals surface area contributed by atoms with Crippen molar-refractivity contribution in [1.82, 2.24) is 5.32 Å². The molecular weight excluding hydrogens is 277 g/mol. The van der Waals surface area contributed by atoms with Gasteiger partial charge in [-0.15, -0.1) is 11.3 Å². The molecule has 1 aromatic heterocycles. The highest BCUT2D eigenvalue weighted by atomic mass is 32.1. The minimum Gasteiger partial charge on any atom is -0.342 e. The molecule has 2 heterocycles. The van der Waals surface area contributed by atoms with E-state index in [1.165, 1.54) is 10.4 Å². The highest BCUT2D eigenvalue weighted by Crippen LogP contribution is 2.24. The molecule has 0 bridgehead atoms. The van der Waals surface area contributed by atoms with Crippen LogP contribution in [0.1, 0.15) is 23.4 Å². The standard InChI is InChI=1S/C12H15F3N2OS/c1-8-9-3-5-19-10(9)2-4-17(8)6-11(18)16-7-12(13,14)15/h3,5,8H,2,4,6-7H2,1H3,(H,16,18)/p+1/t8-/m0/s1. The first-order valence-corrected chi connectivity index (χ1v) is 6.99. The van der Waals surface area contributed by atoms with E-state index in [0.29, 0.717) is 0 Å². The van der Waals surface area contributed by atoms with Crippen LogP contribution >= 0.6 is 11.3 Å². The second-order valence-electron chi connectivity index (χ2n) is 4.75. The normalized spacial score (nSPS) is 22.9. The molecule has 2 rings (SSSR count). The average molecular weight is 293 g/mol. The van der Waals surface area contributed by atoms with Gasteiger partial charge in [0.15, 0.2) is 6.54 Å². The molecule has 0 saturated carbocycles. The third-order valence-corrected chi connectivity index (χ3v) is 4.40. The maximum absolute atomic E-state index is 12.0. The molecule has 19 heavy (non-hydrogen) atoms. The van der Waals surface area contributed by atoms with Gasteiger partial charge in [0.25, 0.3) is 5.91 Å². The molecular formula is C12H16F3N2OS+. The van der Waals surface area contributed by atoms with Gasteiger partial charge < -0.3 is 10.2 Å². The number of thiophene rings is 1. The average Bonchev–Trinajstić information content (AvgIpc) is 2.78. The number of alkyl halides is 3. The lowest BCUT2D eigenvalue weighted by molar-refractivity contribution is -0.924. The molecule has 0 radical (unpaired) electrons. The molecule has 1 aliphatic rings. The molecule has 0 fully saturated rings. The summed E-state index contributed by atoms with van der Waals surface area (Å²) in [5, 5.41) is 3.95. The van der Waals surface area contributed by atoms with Crippen LogP contribution in [0.3, 0.4) is 0 Å². The lowest BCUT2D eigenvalue weighted by Crippen LogP contribution is -3.14. The molecule has 1 aromatic rings. The molecule has 0 aliphatic carbocycles. The zero-order valence-electron chi connectivity index (χ0n) is 10.5. The molecule has 0 spiro atoms. The fourth-order valence-electron chi connectivity index (χ4n) is 2.36. The van der Waals surface area contributed by atoms with Crippen LogP contribution in [0.15, 0.2) is 11.4 Å². The number of hydrogen-bond donors (Lipinski definition) is 2. The van der Waals surface area contributed by atoms with Crippen LogP contribution in [0.4, 0.5) is 13.2 Å². The SMILES string of the molecule is C[C@H]1c2ccsc2CC[NH+]1CC(=O)NCC(F)(F)F. The number of carbonyl (C=O) groups is 1. The quantitative estimate of drug-likeness (QED) is 0.854. The lowest BCUT2D eigenvalue weighted by Gasteiger charge is -2.29. The van der Waals surface area contributed by atoms with Gasteiger partial charge in [-0.3, -0.25) is 4.79 Å². The Hall–Kier alpha value is -1.08. The fourth-order valence-corrected chi connectivity index (χ4v) is 3.34. The van der Waals surface area contributed by atoms with Crippen molar-refractivity contribution in [2.75, 3.05) is 19.6 Å². The van der Waals surface area contributed by atoms with Crippen molar-refractivity contribution in [2.45, 2.75) is 25.6 Å². The Labute approximate surface area is 113 Å². The van der Waals surface area contributed by atoms with E-state index >= 15 is 0 Å². The van der Waals surface area contributed by atoms with Gasteiger partial charge >= 0.3 is 6.18 Å². The van der Waals surface area contributed by atoms with Crippen molar-refractivity contribution in [3.63, 3.8) is 0 Å². The Morgan fingerprint density at radius 3 is 3.00 bits per heavy atom. The van der Waals surface area contributed by atoms with Gasteiger partial charge in [-0.25, -0.2) is 0 Å². The summed E-state index contributed by atoms with van der Waals surface area (Å²) < 4.78 is 36.0. The van der Waals surface area contributed by atoms with Crippen LogP contribution in [0.2, 0.25) is 0 Å². The number of amides is 1. The largest absolute Gasteiger partial charge is 0.405 e. The summed E-state index contributed by atoms with van der Waals surface area (Å²) in [6, 6.07) is 2.20. The van der Waals surface area contributed by atoms with Crippen molar-refractivity contribution in [3.8, 4) is 0 Å². The molecule has 2 atom stereocenters. The van der Waals surface area contributed by atoms with Crippen LogP contribution < -0.4 is 10.2 Å². The van der Waals surface area contributed by atoms with E-state index < -0.39 is 18.6 Å². The summed E-state index contributed by atoms with van der Waals surface area (Å²) in [5.74, 6) is -0.544. The van der Waals surface area contributed by atoms with Gasteiger partial charge in [0.2, 0.25) is 0 Å². The van der Waals surface area contributed by atoms with Gasteiger partial charge in [0.1, 0.15) is 12.6 Å². The van der Waals surface area contributed by atoms with Crippen LogP contribution in [-0.4, -0.2) is 31.7 Å². The van der Waals surface area contributed by atoms with E-state index in [4.69, 9.17) is 0 Å². The maximum atomic E-state index is 12.0. The Balaban J connectivity index is 1.89. The maximum Gasteiger partial charge on any atom is 0.405 e. The topological polar surface area (TPSA) is 33.5 Å². The summed E-state index contributed by atoms with van der Waals surface area (Å²) in [6.07, 6.45) is -3.46. The lowest BCUT2D eigenvalue weighted by atomic mass is 10.0. The Morgan fingerprint density at radius 1 is 1.58 bits per heavy atom. The van der Waals surface area contributed by atoms with Crippen LogP contribution in [-0.2, 0) is 11.2 Å². The number of hydrogen-bond acceptors (Lipinski definition) is 2. The first-order valence-electron chi connectivity index (χ1n) is 6.11. The Morgan fingerprint density at radius 2 is 2.32 bits per heavy atom. The van der Waals surface area contributed by atoms with Gasteiger partial charge in [-0.1, -0.05) is 0 Å². The van der Waals surface area contributed by atoms with E-state index in [-0.39, 0.29) is 12.6 Å². The molecule has 0 aromatic carbocycles. The predicted octanol–water partition coefficient (Wildman–Crippen LogP) is 0.929. The second kappa shape index (κ2) is 5.50. The molecule has 7 heteroatoms. The molecule has 1 aliphatic heterocycles. The van der Waals surface area contributed by atoms with Crippen molar-refractivity contribution in [3.05, 3.63) is 21.9 Å². The molecule has 3 nitrogen and oxygen atoms in total. The van der Waals surface area contributed by atoms with Gasteiger partial charge in [0, 0.05) is 16.9 Å². The van der Waals surface area contributed by atoms with Crippen molar-refractivity contribution < 1.29 is 22.9 Å². The zero-order valence-corrected chi connectivity index (χ0v) is 11.3. The number of rotatable bonds is 3. The van der Waals surface area contributed by atoms with Crippen LogP contribution in [0.25, 0.3) is 0 Å². The van der Waals surface area contributed by atoms with Crippen LogP contribution in [0, 0.1) is 0 Å². The van der Waals surface area contributed by atoms with E-state index in [2.05, 4.69) is 0 Å². The molecule has 1 unspecified atom stereocenters. The number of halogens is 3. The number of fused-ring (bicyclic) bond motifs is 1. The monoisotopic (exact) mass is 293 g/mol. The van der Waals surface area contributed by atoms with Crippen molar-refractivity contribution in [2.24, 2.45) is 0 Å². The van der Waals surface area contributed by atoms with E-state index in [9.17, 15) is 18.0 Å². The summed E-state index contributed by atoms with van der Waals surface area (Å²) in [5.41, 5.74) is 1.22. The van der Waals surface area contributed by atoms with Gasteiger partial charge in [-0.2, -0.15) is 13.2 Å². The van der Waals surface area contributed by atoms with E-state index in [1.807, 2.05) is 23.7 Å². The summed E-state index contributed by atoms with van der Waals surface area (Å²) in [4.78, 5) is 13.9. The minimum atomic E-state index is -4.35. The van der Waals surface area contributed by atoms with Gasteiger partial charge in [-0.05, 0) is 18.4 Å². The molecule has 2 N–H and O–H groups in total. The summed E-state index contributed by atoms with van der Waals surface area (Å²) >= 11 is 1.70. The molecule has 1 amide bonds. The minimum absolute atomic E-state index is 0.0898. The van der Waals surface area contributed by atoms with Crippen molar-refractivity contribution >= 4 is 17.2 Å². The van der Waals surface area contributed by atoms with E-state index in [1.54, 1.807) is 11.3 Å². The molecule has 0 saturated heterocycles. The number of quaternary nitrogens is 1. The van der Waals surface area contributed by atoms with Crippen molar-refractivity contribution in [1.29, 1.82) is 0 Å². The van der Waals surface area contributed by atoms with E-state index in [0.717, 1.165) is 17.9 Å². The summed E-state index contributed by atoms with van der Waals surface area (Å²) in [7, 11) is 0. The highest BCUT2D eigenvalue weighted by Gasteiger charge is 2.31. The smallest absolute Gasteiger partial charge is 0.342 e. The van der Waals surface area contributed by atoms with Crippen LogP contribution in [0.5, 0.6) is 0 Å². The third kappa shape index (κ3) is 3.70. The third-order valence-electron chi connectivity index (χ3n) is 3.41. The Bertz CT molecular complexity index is 458. The predicted molar refractivity (Wildman–Crippen MR) is 66.2 cm³/mol. The first kappa shape index (κ1) is 14.3. The first-order chi connectivity index (χ1) is 8.87. The second-order valence-corrected chi connectivity index (χ2v) is 5.75. The fraction of sp³-hybridized carbons (Fsp3) is 0.583. The van der Waals surface area contributed by atoms with Gasteiger partial charge in [0.05, 0.1) is 6.54 Å². The summed E-state index contributed by atoms with van der Waals surface area (Å²) in [6.45, 7) is 1.63. The Kier molecular flexibility index (Phi) is 4.15. The number of nitrogens with one attached hydrogen (secondary N) is 2. The number of carbonyl (C=O) groups excluding carboxylic acids is 1. The zero-order chi connectivity index (χ0) is 14.0. The molecule has 106 valence electrons. The highest BCUT2D eigenvalue weighted by molar-refractivity contribution is 7.10.